The van der Waals surface area contributed by atoms with Crippen LogP contribution in [0.1, 0.15) is 32.3 Å². The largest absolute Gasteiger partial charge is 0.355 e. The van der Waals surface area contributed by atoms with Crippen molar-refractivity contribution in [3.63, 3.8) is 0 Å². The molecule has 0 bridgehead atoms. The van der Waals surface area contributed by atoms with Crippen LogP contribution in [0.3, 0.4) is 0 Å². The second kappa shape index (κ2) is 6.03. The van der Waals surface area contributed by atoms with E-state index in [1.54, 1.807) is 12.4 Å². The molecule has 5 nitrogen and oxygen atoms in total. The molecule has 1 aliphatic carbocycles. The summed E-state index contributed by atoms with van der Waals surface area (Å²) in [5.41, 5.74) is 0.147. The molecule has 1 aromatic heterocycles. The van der Waals surface area contributed by atoms with Gasteiger partial charge in [-0.1, -0.05) is 13.8 Å². The molecule has 0 saturated heterocycles. The SMILES string of the molecule is CC(C)CNC(=O)C1(C(=O)NCc2ccncc2)CC1. The molecular formula is C15H21N3O2. The fraction of sp³-hybridized carbons (Fsp3) is 0.533. The minimum Gasteiger partial charge on any atom is -0.355 e. The third kappa shape index (κ3) is 3.35. The number of carbonyl (C=O) groups excluding carboxylic acids is 2. The Morgan fingerprint density at radius 2 is 1.80 bits per heavy atom. The fourth-order valence-electron chi connectivity index (χ4n) is 2.00. The molecule has 0 aromatic carbocycles. The first-order valence-electron chi connectivity index (χ1n) is 7.00. The molecule has 0 spiro atoms. The van der Waals surface area contributed by atoms with Crippen molar-refractivity contribution in [1.29, 1.82) is 0 Å². The first-order valence-corrected chi connectivity index (χ1v) is 7.00. The molecule has 0 atom stereocenters. The smallest absolute Gasteiger partial charge is 0.235 e. The number of amides is 2. The van der Waals surface area contributed by atoms with Gasteiger partial charge in [0.25, 0.3) is 0 Å². The molecule has 5 heteroatoms. The summed E-state index contributed by atoms with van der Waals surface area (Å²) in [6, 6.07) is 3.69. The van der Waals surface area contributed by atoms with Crippen molar-refractivity contribution >= 4 is 11.8 Å². The summed E-state index contributed by atoms with van der Waals surface area (Å²) >= 11 is 0. The van der Waals surface area contributed by atoms with E-state index in [-0.39, 0.29) is 11.8 Å². The third-order valence-corrected chi connectivity index (χ3v) is 3.49. The molecule has 0 unspecified atom stereocenters. The van der Waals surface area contributed by atoms with E-state index in [0.29, 0.717) is 31.8 Å². The van der Waals surface area contributed by atoms with Crippen LogP contribution in [0.25, 0.3) is 0 Å². The highest BCUT2D eigenvalue weighted by Gasteiger charge is 2.56. The zero-order chi connectivity index (χ0) is 14.6. The maximum atomic E-state index is 12.2. The van der Waals surface area contributed by atoms with Gasteiger partial charge in [-0.05, 0) is 36.5 Å². The van der Waals surface area contributed by atoms with Crippen LogP contribution in [-0.2, 0) is 16.1 Å². The number of carbonyl (C=O) groups is 2. The van der Waals surface area contributed by atoms with Crippen LogP contribution in [-0.4, -0.2) is 23.3 Å². The van der Waals surface area contributed by atoms with Crippen LogP contribution in [0.5, 0.6) is 0 Å². The van der Waals surface area contributed by atoms with E-state index < -0.39 is 5.41 Å². The van der Waals surface area contributed by atoms with Crippen molar-refractivity contribution in [3.05, 3.63) is 30.1 Å². The summed E-state index contributed by atoms with van der Waals surface area (Å²) < 4.78 is 0. The van der Waals surface area contributed by atoms with Crippen molar-refractivity contribution in [2.24, 2.45) is 11.3 Å². The first kappa shape index (κ1) is 14.5. The number of aromatic nitrogens is 1. The number of hydrogen-bond acceptors (Lipinski definition) is 3. The van der Waals surface area contributed by atoms with E-state index in [9.17, 15) is 9.59 Å². The molecule has 0 radical (unpaired) electrons. The maximum absolute atomic E-state index is 12.2. The van der Waals surface area contributed by atoms with E-state index in [1.807, 2.05) is 26.0 Å². The van der Waals surface area contributed by atoms with Crippen molar-refractivity contribution < 1.29 is 9.59 Å². The van der Waals surface area contributed by atoms with E-state index >= 15 is 0 Å². The first-order chi connectivity index (χ1) is 9.54. The highest BCUT2D eigenvalue weighted by atomic mass is 16.2. The van der Waals surface area contributed by atoms with Gasteiger partial charge in [0.1, 0.15) is 5.41 Å². The van der Waals surface area contributed by atoms with E-state index in [2.05, 4.69) is 15.6 Å². The van der Waals surface area contributed by atoms with Crippen molar-refractivity contribution in [1.82, 2.24) is 15.6 Å². The Balaban J connectivity index is 1.87. The molecule has 2 N–H and O–H groups in total. The maximum Gasteiger partial charge on any atom is 0.235 e. The van der Waals surface area contributed by atoms with Gasteiger partial charge in [0.2, 0.25) is 11.8 Å². The standard InChI is InChI=1S/C15H21N3O2/c1-11(2)9-17-13(19)15(5-6-15)14(20)18-10-12-3-7-16-8-4-12/h3-4,7-8,11H,5-6,9-10H2,1-2H3,(H,17,19)(H,18,20). The lowest BCUT2D eigenvalue weighted by atomic mass is 10.0. The Morgan fingerprint density at radius 3 is 2.35 bits per heavy atom. The Hall–Kier alpha value is -1.91. The number of nitrogens with one attached hydrogen (secondary N) is 2. The number of pyridine rings is 1. The van der Waals surface area contributed by atoms with Gasteiger partial charge in [-0.15, -0.1) is 0 Å². The minimum atomic E-state index is -0.831. The molecule has 1 heterocycles. The molecule has 2 rings (SSSR count). The van der Waals surface area contributed by atoms with Gasteiger partial charge in [0, 0.05) is 25.5 Å². The van der Waals surface area contributed by atoms with Crippen LogP contribution in [0.4, 0.5) is 0 Å². The summed E-state index contributed by atoms with van der Waals surface area (Å²) in [6.45, 7) is 5.10. The number of nitrogens with zero attached hydrogens (tertiary/aromatic N) is 1. The number of hydrogen-bond donors (Lipinski definition) is 2. The summed E-state index contributed by atoms with van der Waals surface area (Å²) in [5, 5.41) is 5.70. The highest BCUT2D eigenvalue weighted by molar-refractivity contribution is 6.07. The second-order valence-corrected chi connectivity index (χ2v) is 5.72. The zero-order valence-corrected chi connectivity index (χ0v) is 12.0. The summed E-state index contributed by atoms with van der Waals surface area (Å²) in [6.07, 6.45) is 4.64. The minimum absolute atomic E-state index is 0.140. The normalized spacial score (nSPS) is 15.8. The van der Waals surface area contributed by atoms with Crippen molar-refractivity contribution in [2.75, 3.05) is 6.54 Å². The second-order valence-electron chi connectivity index (χ2n) is 5.72. The molecule has 0 aliphatic heterocycles. The Morgan fingerprint density at radius 1 is 1.20 bits per heavy atom. The third-order valence-electron chi connectivity index (χ3n) is 3.49. The van der Waals surface area contributed by atoms with Gasteiger partial charge in [-0.2, -0.15) is 0 Å². The zero-order valence-electron chi connectivity index (χ0n) is 12.0. The van der Waals surface area contributed by atoms with Crippen LogP contribution in [0, 0.1) is 11.3 Å². The predicted molar refractivity (Wildman–Crippen MR) is 75.6 cm³/mol. The molecule has 1 aliphatic rings. The molecule has 1 saturated carbocycles. The molecule has 2 amide bonds. The monoisotopic (exact) mass is 275 g/mol. The quantitative estimate of drug-likeness (QED) is 0.768. The average molecular weight is 275 g/mol. The number of rotatable bonds is 6. The van der Waals surface area contributed by atoms with Crippen LogP contribution in [0.15, 0.2) is 24.5 Å². The Kier molecular flexibility index (Phi) is 4.37. The van der Waals surface area contributed by atoms with Gasteiger partial charge in [-0.25, -0.2) is 0 Å². The highest BCUT2D eigenvalue weighted by Crippen LogP contribution is 2.46. The molecule has 108 valence electrons. The van der Waals surface area contributed by atoms with Crippen LogP contribution in [0.2, 0.25) is 0 Å². The lowest BCUT2D eigenvalue weighted by Gasteiger charge is -2.16. The van der Waals surface area contributed by atoms with Gasteiger partial charge in [0.15, 0.2) is 0 Å². The van der Waals surface area contributed by atoms with Crippen molar-refractivity contribution in [2.45, 2.75) is 33.2 Å². The summed E-state index contributed by atoms with van der Waals surface area (Å²) in [4.78, 5) is 28.2. The Labute approximate surface area is 119 Å². The van der Waals surface area contributed by atoms with Gasteiger partial charge >= 0.3 is 0 Å². The van der Waals surface area contributed by atoms with Gasteiger partial charge < -0.3 is 10.6 Å². The van der Waals surface area contributed by atoms with Crippen molar-refractivity contribution in [3.8, 4) is 0 Å². The molecular weight excluding hydrogens is 254 g/mol. The summed E-state index contributed by atoms with van der Waals surface area (Å²) in [5.74, 6) is 0.0728. The molecule has 20 heavy (non-hydrogen) atoms. The topological polar surface area (TPSA) is 71.1 Å². The van der Waals surface area contributed by atoms with Crippen LogP contribution < -0.4 is 10.6 Å². The average Bonchev–Trinajstić information content (AvgIpc) is 3.25. The molecule has 1 fully saturated rings. The predicted octanol–water partition coefficient (Wildman–Crippen LogP) is 1.25. The summed E-state index contributed by atoms with van der Waals surface area (Å²) in [7, 11) is 0. The van der Waals surface area contributed by atoms with E-state index in [1.165, 1.54) is 0 Å². The lowest BCUT2D eigenvalue weighted by Crippen LogP contribution is -2.43. The Bertz CT molecular complexity index is 481. The van der Waals surface area contributed by atoms with Gasteiger partial charge in [-0.3, -0.25) is 14.6 Å². The van der Waals surface area contributed by atoms with E-state index in [0.717, 1.165) is 5.56 Å². The van der Waals surface area contributed by atoms with E-state index in [4.69, 9.17) is 0 Å². The van der Waals surface area contributed by atoms with Gasteiger partial charge in [0.05, 0.1) is 0 Å². The van der Waals surface area contributed by atoms with Crippen LogP contribution >= 0.6 is 0 Å². The fourth-order valence-corrected chi connectivity index (χ4v) is 2.00. The molecule has 1 aromatic rings. The lowest BCUT2D eigenvalue weighted by molar-refractivity contribution is -0.137.